The number of benzene rings is 1. The van der Waals surface area contributed by atoms with Crippen molar-refractivity contribution < 1.29 is 4.74 Å². The summed E-state index contributed by atoms with van der Waals surface area (Å²) < 4.78 is 5.35. The fraction of sp³-hybridized carbons (Fsp3) is 0.625. The second-order valence-electron chi connectivity index (χ2n) is 5.38. The molecule has 0 radical (unpaired) electrons. The molecule has 0 aliphatic carbocycles. The highest BCUT2D eigenvalue weighted by Crippen LogP contribution is 2.27. The summed E-state index contributed by atoms with van der Waals surface area (Å²) in [5, 5.41) is 3.64. The van der Waals surface area contributed by atoms with Crippen LogP contribution in [0.4, 0.5) is 5.69 Å². The first-order chi connectivity index (χ1) is 9.19. The second-order valence-corrected chi connectivity index (χ2v) is 5.38. The Morgan fingerprint density at radius 3 is 2.68 bits per heavy atom. The number of anilines is 1. The van der Waals surface area contributed by atoms with Crippen molar-refractivity contribution in [3.8, 4) is 5.75 Å². The van der Waals surface area contributed by atoms with Gasteiger partial charge < -0.3 is 15.0 Å². The van der Waals surface area contributed by atoms with Gasteiger partial charge in [-0.15, -0.1) is 0 Å². The molecule has 19 heavy (non-hydrogen) atoms. The zero-order valence-electron chi connectivity index (χ0n) is 12.6. The summed E-state index contributed by atoms with van der Waals surface area (Å²) in [6.45, 7) is 8.81. The molecule has 2 atom stereocenters. The Kier molecular flexibility index (Phi) is 4.70. The number of ether oxygens (including phenoxy) is 1. The summed E-state index contributed by atoms with van der Waals surface area (Å²) in [6, 6.07) is 7.72. The number of nitrogens with one attached hydrogen (secondary N) is 1. The molecule has 3 heteroatoms. The van der Waals surface area contributed by atoms with Crippen LogP contribution in [0.5, 0.6) is 5.75 Å². The van der Waals surface area contributed by atoms with E-state index in [9.17, 15) is 0 Å². The van der Waals surface area contributed by atoms with Gasteiger partial charge in [0.05, 0.1) is 7.11 Å². The first kappa shape index (κ1) is 14.2. The first-order valence-corrected chi connectivity index (χ1v) is 7.34. The van der Waals surface area contributed by atoms with Gasteiger partial charge in [0.25, 0.3) is 0 Å². The molecule has 1 heterocycles. The fourth-order valence-corrected chi connectivity index (χ4v) is 2.86. The van der Waals surface area contributed by atoms with Gasteiger partial charge >= 0.3 is 0 Å². The first-order valence-electron chi connectivity index (χ1n) is 7.34. The minimum Gasteiger partial charge on any atom is -0.496 e. The molecule has 106 valence electrons. The van der Waals surface area contributed by atoms with Gasteiger partial charge in [-0.1, -0.05) is 13.8 Å². The van der Waals surface area contributed by atoms with E-state index in [0.29, 0.717) is 12.1 Å². The molecule has 0 saturated carbocycles. The van der Waals surface area contributed by atoms with E-state index < -0.39 is 0 Å². The number of methoxy groups -OCH3 is 1. The standard InChI is InChI=1S/C16H26N2O/c1-5-13-11-18(14(6-2)10-17-13)15-7-8-16(19-4)12(3)9-15/h7-9,13-14,17H,5-6,10-11H2,1-4H3. The molecule has 2 rings (SSSR count). The number of rotatable bonds is 4. The Morgan fingerprint density at radius 2 is 2.11 bits per heavy atom. The molecule has 1 aromatic carbocycles. The zero-order valence-corrected chi connectivity index (χ0v) is 12.6. The van der Waals surface area contributed by atoms with E-state index in [1.807, 2.05) is 0 Å². The molecule has 1 saturated heterocycles. The summed E-state index contributed by atoms with van der Waals surface area (Å²) >= 11 is 0. The van der Waals surface area contributed by atoms with E-state index in [-0.39, 0.29) is 0 Å². The molecule has 1 aliphatic rings. The monoisotopic (exact) mass is 262 g/mol. The SMILES string of the molecule is CCC1CN(c2ccc(OC)c(C)c2)C(CC)CN1. The molecule has 1 fully saturated rings. The summed E-state index contributed by atoms with van der Waals surface area (Å²) in [7, 11) is 1.73. The maximum absolute atomic E-state index is 5.35. The van der Waals surface area contributed by atoms with Crippen molar-refractivity contribution in [3.05, 3.63) is 23.8 Å². The van der Waals surface area contributed by atoms with E-state index >= 15 is 0 Å². The van der Waals surface area contributed by atoms with Crippen molar-refractivity contribution >= 4 is 5.69 Å². The van der Waals surface area contributed by atoms with Gasteiger partial charge in [-0.2, -0.15) is 0 Å². The van der Waals surface area contributed by atoms with Crippen LogP contribution in [-0.4, -0.2) is 32.3 Å². The lowest BCUT2D eigenvalue weighted by Crippen LogP contribution is -2.56. The Labute approximate surface area is 116 Å². The van der Waals surface area contributed by atoms with E-state index in [4.69, 9.17) is 4.74 Å². The van der Waals surface area contributed by atoms with E-state index in [1.54, 1.807) is 7.11 Å². The van der Waals surface area contributed by atoms with Gasteiger partial charge in [0, 0.05) is 30.9 Å². The van der Waals surface area contributed by atoms with Crippen LogP contribution in [0, 0.1) is 6.92 Å². The molecule has 1 N–H and O–H groups in total. The third-order valence-corrected chi connectivity index (χ3v) is 4.17. The van der Waals surface area contributed by atoms with Crippen molar-refractivity contribution in [2.24, 2.45) is 0 Å². The molecule has 1 aliphatic heterocycles. The quantitative estimate of drug-likeness (QED) is 0.903. The van der Waals surface area contributed by atoms with Gasteiger partial charge in [0.1, 0.15) is 5.75 Å². The molecule has 1 aromatic rings. The number of hydrogen-bond donors (Lipinski definition) is 1. The van der Waals surface area contributed by atoms with Crippen molar-refractivity contribution in [2.75, 3.05) is 25.1 Å². The smallest absolute Gasteiger partial charge is 0.121 e. The van der Waals surface area contributed by atoms with Crippen LogP contribution in [0.3, 0.4) is 0 Å². The molecular formula is C16H26N2O. The van der Waals surface area contributed by atoms with Gasteiger partial charge in [-0.05, 0) is 43.5 Å². The van der Waals surface area contributed by atoms with Crippen LogP contribution in [0.1, 0.15) is 32.3 Å². The maximum atomic E-state index is 5.35. The van der Waals surface area contributed by atoms with Crippen LogP contribution in [0.2, 0.25) is 0 Å². The Bertz CT molecular complexity index is 419. The minimum atomic E-state index is 0.593. The Morgan fingerprint density at radius 1 is 1.32 bits per heavy atom. The molecule has 3 nitrogen and oxygen atoms in total. The van der Waals surface area contributed by atoms with Gasteiger partial charge in [-0.25, -0.2) is 0 Å². The summed E-state index contributed by atoms with van der Waals surface area (Å²) in [5.41, 5.74) is 2.53. The largest absolute Gasteiger partial charge is 0.496 e. The molecule has 0 spiro atoms. The van der Waals surface area contributed by atoms with Crippen LogP contribution >= 0.6 is 0 Å². The summed E-state index contributed by atoms with van der Waals surface area (Å²) in [5.74, 6) is 0.971. The zero-order chi connectivity index (χ0) is 13.8. The molecule has 0 aromatic heterocycles. The normalized spacial score (nSPS) is 23.5. The maximum Gasteiger partial charge on any atom is 0.121 e. The van der Waals surface area contributed by atoms with E-state index in [0.717, 1.165) is 18.8 Å². The average Bonchev–Trinajstić information content (AvgIpc) is 2.46. The second kappa shape index (κ2) is 6.29. The van der Waals surface area contributed by atoms with Crippen molar-refractivity contribution in [2.45, 2.75) is 45.7 Å². The van der Waals surface area contributed by atoms with E-state index in [1.165, 1.54) is 24.1 Å². The highest BCUT2D eigenvalue weighted by molar-refractivity contribution is 5.54. The highest BCUT2D eigenvalue weighted by atomic mass is 16.5. The van der Waals surface area contributed by atoms with Gasteiger partial charge in [-0.3, -0.25) is 0 Å². The van der Waals surface area contributed by atoms with Crippen LogP contribution in [-0.2, 0) is 0 Å². The van der Waals surface area contributed by atoms with Crippen LogP contribution in [0.25, 0.3) is 0 Å². The Balaban J connectivity index is 2.23. The van der Waals surface area contributed by atoms with E-state index in [2.05, 4.69) is 49.2 Å². The highest BCUT2D eigenvalue weighted by Gasteiger charge is 2.26. The van der Waals surface area contributed by atoms with Gasteiger partial charge in [0.2, 0.25) is 0 Å². The third kappa shape index (κ3) is 3.03. The predicted octanol–water partition coefficient (Wildman–Crippen LogP) is 2.97. The van der Waals surface area contributed by atoms with Crippen molar-refractivity contribution in [1.82, 2.24) is 5.32 Å². The molecule has 0 amide bonds. The van der Waals surface area contributed by atoms with Gasteiger partial charge in [0.15, 0.2) is 0 Å². The summed E-state index contributed by atoms with van der Waals surface area (Å²) in [6.07, 6.45) is 2.36. The summed E-state index contributed by atoms with van der Waals surface area (Å²) in [4.78, 5) is 2.55. The predicted molar refractivity (Wildman–Crippen MR) is 81.2 cm³/mol. The average molecular weight is 262 g/mol. The molecule has 0 bridgehead atoms. The lowest BCUT2D eigenvalue weighted by Gasteiger charge is -2.41. The Hall–Kier alpha value is -1.22. The van der Waals surface area contributed by atoms with Crippen molar-refractivity contribution in [3.63, 3.8) is 0 Å². The van der Waals surface area contributed by atoms with Crippen molar-refractivity contribution in [1.29, 1.82) is 0 Å². The lowest BCUT2D eigenvalue weighted by atomic mass is 10.0. The molecular weight excluding hydrogens is 236 g/mol. The number of hydrogen-bond acceptors (Lipinski definition) is 3. The number of nitrogens with zero attached hydrogens (tertiary/aromatic N) is 1. The third-order valence-electron chi connectivity index (χ3n) is 4.17. The minimum absolute atomic E-state index is 0.593. The molecule has 2 unspecified atom stereocenters. The van der Waals surface area contributed by atoms with Crippen LogP contribution < -0.4 is 15.0 Å². The number of aryl methyl sites for hydroxylation is 1. The lowest BCUT2D eigenvalue weighted by molar-refractivity contribution is 0.378. The number of piperazine rings is 1. The topological polar surface area (TPSA) is 24.5 Å². The van der Waals surface area contributed by atoms with Crippen LogP contribution in [0.15, 0.2) is 18.2 Å². The fourth-order valence-electron chi connectivity index (χ4n) is 2.86.